The molecular weight excluding hydrogens is 222 g/mol. The summed E-state index contributed by atoms with van der Waals surface area (Å²) < 4.78 is 0. The fourth-order valence-corrected chi connectivity index (χ4v) is 3.76. The van der Waals surface area contributed by atoms with Crippen LogP contribution in [0.2, 0.25) is 0 Å². The molecule has 1 heterocycles. The van der Waals surface area contributed by atoms with E-state index in [1.54, 1.807) is 0 Å². The van der Waals surface area contributed by atoms with Crippen molar-refractivity contribution in [3.63, 3.8) is 0 Å². The Morgan fingerprint density at radius 2 is 1.94 bits per heavy atom. The molecule has 3 nitrogen and oxygen atoms in total. The Morgan fingerprint density at radius 3 is 2.56 bits per heavy atom. The molecule has 3 heteroatoms. The van der Waals surface area contributed by atoms with Gasteiger partial charge in [0.05, 0.1) is 0 Å². The topological polar surface area (TPSA) is 32.5 Å². The van der Waals surface area contributed by atoms with Crippen LogP contribution in [0.4, 0.5) is 0 Å². The highest BCUT2D eigenvalue weighted by atomic mass is 15.2. The standard InChI is InChI=1S/C15H31N3/c1-17-9-8-13(10-17)11-18(2)12-15(16)14-6-4-3-5-7-14/h13-15H,3-12,16H2,1-2H3. The molecule has 1 aliphatic carbocycles. The Labute approximate surface area is 113 Å². The smallest absolute Gasteiger partial charge is 0.0196 e. The molecule has 2 aliphatic rings. The van der Waals surface area contributed by atoms with Gasteiger partial charge in [-0.2, -0.15) is 0 Å². The molecule has 2 fully saturated rings. The summed E-state index contributed by atoms with van der Waals surface area (Å²) >= 11 is 0. The van der Waals surface area contributed by atoms with Gasteiger partial charge in [-0.1, -0.05) is 19.3 Å². The Balaban J connectivity index is 1.67. The van der Waals surface area contributed by atoms with Gasteiger partial charge in [-0.05, 0) is 51.7 Å². The van der Waals surface area contributed by atoms with Crippen molar-refractivity contribution >= 4 is 0 Å². The van der Waals surface area contributed by atoms with Crippen molar-refractivity contribution in [2.45, 2.75) is 44.6 Å². The Morgan fingerprint density at radius 1 is 1.22 bits per heavy atom. The predicted molar refractivity (Wildman–Crippen MR) is 77.7 cm³/mol. The summed E-state index contributed by atoms with van der Waals surface area (Å²) in [5.74, 6) is 1.64. The van der Waals surface area contributed by atoms with Crippen LogP contribution in [-0.4, -0.2) is 56.1 Å². The second-order valence-electron chi connectivity index (χ2n) is 6.70. The average Bonchev–Trinajstić information content (AvgIpc) is 2.75. The van der Waals surface area contributed by atoms with E-state index in [9.17, 15) is 0 Å². The summed E-state index contributed by atoms with van der Waals surface area (Å²) in [5.41, 5.74) is 6.40. The van der Waals surface area contributed by atoms with Gasteiger partial charge in [0.15, 0.2) is 0 Å². The highest BCUT2D eigenvalue weighted by molar-refractivity contribution is 4.81. The second kappa shape index (κ2) is 6.88. The van der Waals surface area contributed by atoms with Gasteiger partial charge in [0, 0.05) is 25.7 Å². The van der Waals surface area contributed by atoms with Crippen molar-refractivity contribution < 1.29 is 0 Å². The fourth-order valence-electron chi connectivity index (χ4n) is 3.76. The molecular formula is C15H31N3. The quantitative estimate of drug-likeness (QED) is 0.810. The molecule has 0 aromatic heterocycles. The number of hydrogen-bond donors (Lipinski definition) is 1. The first-order chi connectivity index (χ1) is 8.65. The van der Waals surface area contributed by atoms with Crippen LogP contribution in [0.25, 0.3) is 0 Å². The molecule has 2 N–H and O–H groups in total. The van der Waals surface area contributed by atoms with E-state index in [4.69, 9.17) is 5.73 Å². The predicted octanol–water partition coefficient (Wildman–Crippen LogP) is 1.78. The monoisotopic (exact) mass is 253 g/mol. The van der Waals surface area contributed by atoms with E-state index >= 15 is 0 Å². The van der Waals surface area contributed by atoms with Crippen LogP contribution in [0.1, 0.15) is 38.5 Å². The Bertz CT molecular complexity index is 238. The van der Waals surface area contributed by atoms with Crippen LogP contribution in [0.15, 0.2) is 0 Å². The zero-order valence-electron chi connectivity index (χ0n) is 12.3. The lowest BCUT2D eigenvalue weighted by Crippen LogP contribution is -2.43. The molecule has 0 aromatic carbocycles. The Kier molecular flexibility index (Phi) is 5.46. The molecule has 1 saturated carbocycles. The maximum Gasteiger partial charge on any atom is 0.0196 e. The van der Waals surface area contributed by atoms with Crippen molar-refractivity contribution in [3.05, 3.63) is 0 Å². The lowest BCUT2D eigenvalue weighted by Gasteiger charge is -2.31. The first-order valence-electron chi connectivity index (χ1n) is 7.78. The molecule has 0 aromatic rings. The molecule has 2 rings (SSSR count). The van der Waals surface area contributed by atoms with Gasteiger partial charge in [0.1, 0.15) is 0 Å². The molecule has 0 amide bonds. The molecule has 106 valence electrons. The number of nitrogens with two attached hydrogens (primary N) is 1. The second-order valence-corrected chi connectivity index (χ2v) is 6.70. The molecule has 1 aliphatic heterocycles. The summed E-state index contributed by atoms with van der Waals surface area (Å²) in [6.45, 7) is 4.85. The maximum atomic E-state index is 6.40. The van der Waals surface area contributed by atoms with Crippen LogP contribution in [-0.2, 0) is 0 Å². The van der Waals surface area contributed by atoms with E-state index < -0.39 is 0 Å². The number of rotatable bonds is 5. The van der Waals surface area contributed by atoms with E-state index in [1.165, 1.54) is 58.2 Å². The van der Waals surface area contributed by atoms with Gasteiger partial charge < -0.3 is 15.5 Å². The van der Waals surface area contributed by atoms with Crippen LogP contribution >= 0.6 is 0 Å². The molecule has 0 radical (unpaired) electrons. The minimum Gasteiger partial charge on any atom is -0.326 e. The van der Waals surface area contributed by atoms with E-state index in [0.717, 1.165) is 18.4 Å². The van der Waals surface area contributed by atoms with Gasteiger partial charge >= 0.3 is 0 Å². The van der Waals surface area contributed by atoms with Gasteiger partial charge in [-0.3, -0.25) is 0 Å². The largest absolute Gasteiger partial charge is 0.326 e. The molecule has 1 saturated heterocycles. The molecule has 0 bridgehead atoms. The number of hydrogen-bond acceptors (Lipinski definition) is 3. The summed E-state index contributed by atoms with van der Waals surface area (Å²) in [6, 6.07) is 0.398. The van der Waals surface area contributed by atoms with Crippen molar-refractivity contribution in [3.8, 4) is 0 Å². The summed E-state index contributed by atoms with van der Waals surface area (Å²) in [4.78, 5) is 4.92. The minimum atomic E-state index is 0.398. The van der Waals surface area contributed by atoms with Crippen molar-refractivity contribution in [1.29, 1.82) is 0 Å². The number of likely N-dealkylation sites (N-methyl/N-ethyl adjacent to an activating group) is 1. The zero-order valence-corrected chi connectivity index (χ0v) is 12.3. The zero-order chi connectivity index (χ0) is 13.0. The summed E-state index contributed by atoms with van der Waals surface area (Å²) in [7, 11) is 4.48. The number of likely N-dealkylation sites (tertiary alicyclic amines) is 1. The van der Waals surface area contributed by atoms with Crippen molar-refractivity contribution in [2.24, 2.45) is 17.6 Å². The van der Waals surface area contributed by atoms with E-state index in [1.807, 2.05) is 0 Å². The van der Waals surface area contributed by atoms with Crippen LogP contribution in [0, 0.1) is 11.8 Å². The maximum absolute atomic E-state index is 6.40. The van der Waals surface area contributed by atoms with Gasteiger partial charge in [0.2, 0.25) is 0 Å². The SMILES string of the molecule is CN1CCC(CN(C)CC(N)C2CCCCC2)C1. The van der Waals surface area contributed by atoms with E-state index in [-0.39, 0.29) is 0 Å². The minimum absolute atomic E-state index is 0.398. The molecule has 2 unspecified atom stereocenters. The van der Waals surface area contributed by atoms with Crippen molar-refractivity contribution in [1.82, 2.24) is 9.80 Å². The van der Waals surface area contributed by atoms with Gasteiger partial charge in [-0.15, -0.1) is 0 Å². The fraction of sp³-hybridized carbons (Fsp3) is 1.00. The van der Waals surface area contributed by atoms with Crippen LogP contribution in [0.5, 0.6) is 0 Å². The van der Waals surface area contributed by atoms with E-state index in [0.29, 0.717) is 6.04 Å². The summed E-state index contributed by atoms with van der Waals surface area (Å²) in [5, 5.41) is 0. The lowest BCUT2D eigenvalue weighted by atomic mass is 9.84. The number of nitrogens with zero attached hydrogens (tertiary/aromatic N) is 2. The van der Waals surface area contributed by atoms with Gasteiger partial charge in [0.25, 0.3) is 0 Å². The highest BCUT2D eigenvalue weighted by Crippen LogP contribution is 2.26. The first kappa shape index (κ1) is 14.3. The van der Waals surface area contributed by atoms with Crippen molar-refractivity contribution in [2.75, 3.05) is 40.3 Å². The van der Waals surface area contributed by atoms with E-state index in [2.05, 4.69) is 23.9 Å². The molecule has 0 spiro atoms. The molecule has 18 heavy (non-hydrogen) atoms. The highest BCUT2D eigenvalue weighted by Gasteiger charge is 2.24. The molecule has 2 atom stereocenters. The average molecular weight is 253 g/mol. The summed E-state index contributed by atoms with van der Waals surface area (Å²) in [6.07, 6.45) is 8.31. The third kappa shape index (κ3) is 4.22. The van der Waals surface area contributed by atoms with Crippen LogP contribution in [0.3, 0.4) is 0 Å². The third-order valence-corrected chi connectivity index (χ3v) is 4.84. The van der Waals surface area contributed by atoms with Crippen LogP contribution < -0.4 is 5.73 Å². The normalized spacial score (nSPS) is 29.0. The van der Waals surface area contributed by atoms with Gasteiger partial charge in [-0.25, -0.2) is 0 Å². The Hall–Kier alpha value is -0.120. The first-order valence-corrected chi connectivity index (χ1v) is 7.78. The third-order valence-electron chi connectivity index (χ3n) is 4.84. The lowest BCUT2D eigenvalue weighted by molar-refractivity contribution is 0.212.